The fourth-order valence-electron chi connectivity index (χ4n) is 3.70. The minimum atomic E-state index is -0.174. The van der Waals surface area contributed by atoms with E-state index in [0.717, 1.165) is 12.0 Å². The van der Waals surface area contributed by atoms with Gasteiger partial charge in [0.25, 0.3) is 5.91 Å². The summed E-state index contributed by atoms with van der Waals surface area (Å²) in [5, 5.41) is 2.94. The van der Waals surface area contributed by atoms with Crippen molar-refractivity contribution >= 4 is 11.8 Å². The minimum absolute atomic E-state index is 0.174. The third-order valence-electron chi connectivity index (χ3n) is 5.53. The van der Waals surface area contributed by atoms with E-state index in [9.17, 15) is 9.59 Å². The van der Waals surface area contributed by atoms with Crippen LogP contribution in [0.2, 0.25) is 0 Å². The molecule has 1 saturated carbocycles. The first-order chi connectivity index (χ1) is 12.9. The van der Waals surface area contributed by atoms with Crippen molar-refractivity contribution in [3.8, 4) is 0 Å². The second kappa shape index (κ2) is 6.76. The van der Waals surface area contributed by atoms with Crippen molar-refractivity contribution in [3.63, 3.8) is 0 Å². The summed E-state index contributed by atoms with van der Waals surface area (Å²) < 4.78 is 0. The lowest BCUT2D eigenvalue weighted by atomic mass is 10.1. The highest BCUT2D eigenvalue weighted by atomic mass is 16.2. The predicted molar refractivity (Wildman–Crippen MR) is 101 cm³/mol. The Hall–Kier alpha value is -2.76. The lowest BCUT2D eigenvalue weighted by Gasteiger charge is -2.14. The van der Waals surface area contributed by atoms with Gasteiger partial charge in [-0.25, -0.2) is 9.97 Å². The molecule has 27 heavy (non-hydrogen) atoms. The van der Waals surface area contributed by atoms with Crippen LogP contribution in [-0.2, 0) is 24.4 Å². The highest BCUT2D eigenvalue weighted by Gasteiger charge is 2.42. The zero-order valence-electron chi connectivity index (χ0n) is 16.0. The van der Waals surface area contributed by atoms with Crippen LogP contribution in [0.3, 0.4) is 0 Å². The van der Waals surface area contributed by atoms with Crippen molar-refractivity contribution in [1.29, 1.82) is 0 Å². The van der Waals surface area contributed by atoms with Crippen LogP contribution in [0.15, 0.2) is 24.4 Å². The molecule has 0 bridgehead atoms. The summed E-state index contributed by atoms with van der Waals surface area (Å²) in [5.74, 6) is 1.51. The fourth-order valence-corrected chi connectivity index (χ4v) is 3.70. The Morgan fingerprint density at radius 3 is 2.67 bits per heavy atom. The van der Waals surface area contributed by atoms with Gasteiger partial charge in [-0.05, 0) is 42.9 Å². The molecule has 1 N–H and O–H groups in total. The molecular formula is C21H24N4O2. The molecular weight excluding hydrogens is 340 g/mol. The summed E-state index contributed by atoms with van der Waals surface area (Å²) >= 11 is 0. The Labute approximate surface area is 159 Å². The van der Waals surface area contributed by atoms with Crippen molar-refractivity contribution in [3.05, 3.63) is 58.2 Å². The number of carbonyl (C=O) groups is 2. The van der Waals surface area contributed by atoms with Crippen LogP contribution in [0, 0.1) is 25.7 Å². The van der Waals surface area contributed by atoms with Gasteiger partial charge in [-0.2, -0.15) is 0 Å². The van der Waals surface area contributed by atoms with Crippen LogP contribution in [0.1, 0.15) is 51.9 Å². The molecule has 1 aromatic carbocycles. The molecule has 2 unspecified atom stereocenters. The van der Waals surface area contributed by atoms with Gasteiger partial charge in [0.15, 0.2) is 0 Å². The monoisotopic (exact) mass is 364 g/mol. The molecule has 0 saturated heterocycles. The lowest BCUT2D eigenvalue weighted by molar-refractivity contribution is -0.133. The van der Waals surface area contributed by atoms with Crippen molar-refractivity contribution < 1.29 is 9.59 Å². The molecule has 1 aliphatic heterocycles. The van der Waals surface area contributed by atoms with Gasteiger partial charge in [-0.1, -0.05) is 25.1 Å². The van der Waals surface area contributed by atoms with Crippen LogP contribution in [-0.4, -0.2) is 26.7 Å². The van der Waals surface area contributed by atoms with Gasteiger partial charge in [-0.15, -0.1) is 0 Å². The number of fused-ring (bicyclic) bond motifs is 1. The summed E-state index contributed by atoms with van der Waals surface area (Å²) in [4.78, 5) is 35.1. The van der Waals surface area contributed by atoms with E-state index >= 15 is 0 Å². The largest absolute Gasteiger partial charge is 0.348 e. The number of nitrogens with zero attached hydrogens (tertiary/aromatic N) is 3. The maximum Gasteiger partial charge on any atom is 0.254 e. The van der Waals surface area contributed by atoms with Gasteiger partial charge < -0.3 is 10.2 Å². The van der Waals surface area contributed by atoms with Crippen molar-refractivity contribution in [1.82, 2.24) is 20.2 Å². The van der Waals surface area contributed by atoms with Gasteiger partial charge in [0.05, 0.1) is 11.3 Å². The number of aryl methyl sites for hydroxylation is 2. The van der Waals surface area contributed by atoms with Gasteiger partial charge in [0.2, 0.25) is 5.91 Å². The molecule has 6 heteroatoms. The Balaban J connectivity index is 1.39. The first-order valence-electron chi connectivity index (χ1n) is 9.40. The molecule has 4 rings (SSSR count). The SMILES string of the molecule is Cc1ncc(C(=O)NCc2ccc3c(c2)CN(C(=O)C2CC2C)C3)c(C)n1. The summed E-state index contributed by atoms with van der Waals surface area (Å²) in [6.45, 7) is 7.55. The van der Waals surface area contributed by atoms with Crippen LogP contribution >= 0.6 is 0 Å². The Morgan fingerprint density at radius 2 is 1.96 bits per heavy atom. The van der Waals surface area contributed by atoms with E-state index in [1.54, 1.807) is 13.1 Å². The molecule has 2 atom stereocenters. The Morgan fingerprint density at radius 1 is 1.22 bits per heavy atom. The second-order valence-electron chi connectivity index (χ2n) is 7.72. The molecule has 0 radical (unpaired) electrons. The van der Waals surface area contributed by atoms with Crippen LogP contribution in [0.4, 0.5) is 0 Å². The predicted octanol–water partition coefficient (Wildman–Crippen LogP) is 2.52. The molecule has 1 aromatic heterocycles. The molecule has 2 heterocycles. The summed E-state index contributed by atoms with van der Waals surface area (Å²) in [5.41, 5.74) is 4.59. The van der Waals surface area contributed by atoms with E-state index in [4.69, 9.17) is 0 Å². The molecule has 2 amide bonds. The average Bonchev–Trinajstić information content (AvgIpc) is 3.21. The van der Waals surface area contributed by atoms with E-state index < -0.39 is 0 Å². The number of aromatic nitrogens is 2. The zero-order valence-corrected chi connectivity index (χ0v) is 16.0. The average molecular weight is 364 g/mol. The summed E-state index contributed by atoms with van der Waals surface area (Å²) in [7, 11) is 0. The van der Waals surface area contributed by atoms with Gasteiger partial charge in [0, 0.05) is 31.7 Å². The smallest absolute Gasteiger partial charge is 0.254 e. The normalized spacial score (nSPS) is 20.3. The van der Waals surface area contributed by atoms with Crippen molar-refractivity contribution in [2.45, 2.75) is 46.8 Å². The molecule has 6 nitrogen and oxygen atoms in total. The van der Waals surface area contributed by atoms with E-state index in [-0.39, 0.29) is 17.7 Å². The number of benzene rings is 1. The Kier molecular flexibility index (Phi) is 4.42. The number of amides is 2. The molecule has 140 valence electrons. The van der Waals surface area contributed by atoms with Crippen molar-refractivity contribution in [2.24, 2.45) is 11.8 Å². The van der Waals surface area contributed by atoms with Crippen LogP contribution in [0.5, 0.6) is 0 Å². The van der Waals surface area contributed by atoms with E-state index in [0.29, 0.717) is 42.6 Å². The molecule has 2 aromatic rings. The van der Waals surface area contributed by atoms with E-state index in [1.807, 2.05) is 17.9 Å². The molecule has 1 fully saturated rings. The first kappa shape index (κ1) is 17.6. The van der Waals surface area contributed by atoms with E-state index in [2.05, 4.69) is 34.3 Å². The first-order valence-corrected chi connectivity index (χ1v) is 9.40. The fraction of sp³-hybridized carbons (Fsp3) is 0.429. The lowest BCUT2D eigenvalue weighted by Crippen LogP contribution is -2.27. The van der Waals surface area contributed by atoms with Gasteiger partial charge >= 0.3 is 0 Å². The van der Waals surface area contributed by atoms with Crippen LogP contribution < -0.4 is 5.32 Å². The number of carbonyl (C=O) groups excluding carboxylic acids is 2. The zero-order chi connectivity index (χ0) is 19.1. The Bertz CT molecular complexity index is 924. The standard InChI is InChI=1S/C21H24N4O2/c1-12-6-18(12)21(27)25-10-16-5-4-15(7-17(16)11-25)8-23-20(26)19-9-22-14(3)24-13(19)2/h4-5,7,9,12,18H,6,8,10-11H2,1-3H3,(H,23,26). The third kappa shape index (κ3) is 3.56. The maximum absolute atomic E-state index is 12.5. The number of rotatable bonds is 4. The summed E-state index contributed by atoms with van der Waals surface area (Å²) in [6.07, 6.45) is 2.59. The van der Waals surface area contributed by atoms with Crippen LogP contribution in [0.25, 0.3) is 0 Å². The quantitative estimate of drug-likeness (QED) is 0.905. The molecule has 0 spiro atoms. The number of hydrogen-bond acceptors (Lipinski definition) is 4. The van der Waals surface area contributed by atoms with E-state index in [1.165, 1.54) is 11.1 Å². The highest BCUT2D eigenvalue weighted by molar-refractivity contribution is 5.94. The maximum atomic E-state index is 12.5. The summed E-state index contributed by atoms with van der Waals surface area (Å²) in [6, 6.07) is 6.18. The molecule has 2 aliphatic rings. The van der Waals surface area contributed by atoms with Gasteiger partial charge in [0.1, 0.15) is 5.82 Å². The van der Waals surface area contributed by atoms with Gasteiger partial charge in [-0.3, -0.25) is 9.59 Å². The van der Waals surface area contributed by atoms with Crippen molar-refractivity contribution in [2.75, 3.05) is 0 Å². The molecule has 1 aliphatic carbocycles. The number of hydrogen-bond donors (Lipinski definition) is 1. The minimum Gasteiger partial charge on any atom is -0.348 e. The third-order valence-corrected chi connectivity index (χ3v) is 5.53. The highest BCUT2D eigenvalue weighted by Crippen LogP contribution is 2.40. The number of nitrogens with one attached hydrogen (secondary N) is 1. The second-order valence-corrected chi connectivity index (χ2v) is 7.72. The topological polar surface area (TPSA) is 75.2 Å².